The maximum atomic E-state index is 12.4. The van der Waals surface area contributed by atoms with Gasteiger partial charge in [-0.25, -0.2) is 0 Å². The van der Waals surface area contributed by atoms with Gasteiger partial charge in [0.1, 0.15) is 0 Å². The van der Waals surface area contributed by atoms with E-state index in [9.17, 15) is 13.2 Å². The van der Waals surface area contributed by atoms with Crippen LogP contribution in [-0.4, -0.2) is 19.8 Å². The third-order valence-electron chi connectivity index (χ3n) is 3.03. The Morgan fingerprint density at radius 2 is 1.83 bits per heavy atom. The van der Waals surface area contributed by atoms with Crippen LogP contribution in [0.5, 0.6) is 0 Å². The van der Waals surface area contributed by atoms with E-state index in [-0.39, 0.29) is 6.04 Å². The summed E-state index contributed by atoms with van der Waals surface area (Å²) in [5.74, 6) is 0. The average molecular weight is 259 g/mol. The summed E-state index contributed by atoms with van der Waals surface area (Å²) in [6.45, 7) is 2.10. The molecule has 0 bridgehead atoms. The van der Waals surface area contributed by atoms with Crippen molar-refractivity contribution >= 4 is 0 Å². The fourth-order valence-electron chi connectivity index (χ4n) is 1.98. The Morgan fingerprint density at radius 3 is 2.50 bits per heavy atom. The van der Waals surface area contributed by atoms with Crippen LogP contribution in [0.1, 0.15) is 30.0 Å². The predicted molar refractivity (Wildman–Crippen MR) is 62.2 cm³/mol. The summed E-state index contributed by atoms with van der Waals surface area (Å²) in [5.41, 5.74) is 0.225. The first kappa shape index (κ1) is 13.4. The average Bonchev–Trinajstić information content (AvgIpc) is 2.27. The Morgan fingerprint density at radius 1 is 1.11 bits per heavy atom. The van der Waals surface area contributed by atoms with Gasteiger partial charge in [0.2, 0.25) is 0 Å². The molecule has 1 aromatic carbocycles. The molecule has 1 aromatic rings. The van der Waals surface area contributed by atoms with Gasteiger partial charge in [-0.2, -0.15) is 13.2 Å². The second kappa shape index (κ2) is 5.71. The lowest BCUT2D eigenvalue weighted by Gasteiger charge is -2.22. The molecule has 2 nitrogen and oxygen atoms in total. The topological polar surface area (TPSA) is 21.3 Å². The monoisotopic (exact) mass is 259 g/mol. The van der Waals surface area contributed by atoms with Crippen molar-refractivity contribution in [3.63, 3.8) is 0 Å². The number of hydrogen-bond acceptors (Lipinski definition) is 2. The number of rotatable bonds is 1. The molecule has 0 aliphatic carbocycles. The lowest BCUT2D eigenvalue weighted by molar-refractivity contribution is -0.137. The Kier molecular flexibility index (Phi) is 4.24. The van der Waals surface area contributed by atoms with Crippen molar-refractivity contribution < 1.29 is 17.9 Å². The van der Waals surface area contributed by atoms with E-state index in [1.54, 1.807) is 0 Å². The zero-order chi connectivity index (χ0) is 13.0. The maximum Gasteiger partial charge on any atom is 0.416 e. The first-order chi connectivity index (χ1) is 8.57. The Balaban J connectivity index is 2.07. The van der Waals surface area contributed by atoms with E-state index in [0.717, 1.165) is 43.7 Å². The van der Waals surface area contributed by atoms with Gasteiger partial charge in [-0.05, 0) is 37.1 Å². The van der Waals surface area contributed by atoms with Crippen LogP contribution in [0.25, 0.3) is 0 Å². The molecule has 18 heavy (non-hydrogen) atoms. The van der Waals surface area contributed by atoms with Crippen LogP contribution >= 0.6 is 0 Å². The molecule has 0 radical (unpaired) electrons. The second-order valence-corrected chi connectivity index (χ2v) is 4.41. The summed E-state index contributed by atoms with van der Waals surface area (Å²) in [7, 11) is 0. The molecule has 1 aliphatic heterocycles. The normalized spacial score (nSPS) is 22.3. The van der Waals surface area contributed by atoms with Crippen molar-refractivity contribution in [3.8, 4) is 0 Å². The van der Waals surface area contributed by atoms with Crippen molar-refractivity contribution in [2.45, 2.75) is 25.1 Å². The van der Waals surface area contributed by atoms with Gasteiger partial charge >= 0.3 is 6.18 Å². The largest absolute Gasteiger partial charge is 0.416 e. The third kappa shape index (κ3) is 3.46. The number of alkyl halides is 3. The molecule has 1 N–H and O–H groups in total. The van der Waals surface area contributed by atoms with Crippen molar-refractivity contribution in [1.29, 1.82) is 0 Å². The molecule has 1 saturated heterocycles. The molecule has 5 heteroatoms. The summed E-state index contributed by atoms with van der Waals surface area (Å²) in [6.07, 6.45) is -2.23. The molecule has 1 unspecified atom stereocenters. The van der Waals surface area contributed by atoms with E-state index < -0.39 is 11.7 Å². The molecular formula is C13H16F3NO. The van der Waals surface area contributed by atoms with Crippen LogP contribution in [0.3, 0.4) is 0 Å². The van der Waals surface area contributed by atoms with Crippen LogP contribution in [0.15, 0.2) is 24.3 Å². The van der Waals surface area contributed by atoms with Gasteiger partial charge in [0.05, 0.1) is 18.2 Å². The summed E-state index contributed by atoms with van der Waals surface area (Å²) in [6, 6.07) is 5.26. The van der Waals surface area contributed by atoms with Crippen LogP contribution < -0.4 is 5.32 Å². The van der Waals surface area contributed by atoms with Gasteiger partial charge in [-0.3, -0.25) is 0 Å². The minimum atomic E-state index is -4.27. The minimum Gasteiger partial charge on any atom is -0.379 e. The highest BCUT2D eigenvalue weighted by Crippen LogP contribution is 2.30. The SMILES string of the molecule is FC(F)(F)c1ccc(C2COCCCCN2)cc1. The molecule has 1 heterocycles. The minimum absolute atomic E-state index is 0.0208. The highest BCUT2D eigenvalue weighted by atomic mass is 19.4. The van der Waals surface area contributed by atoms with Gasteiger partial charge in [-0.15, -0.1) is 0 Å². The van der Waals surface area contributed by atoms with E-state index in [1.165, 1.54) is 12.1 Å². The molecular weight excluding hydrogens is 243 g/mol. The number of nitrogens with one attached hydrogen (secondary N) is 1. The van der Waals surface area contributed by atoms with E-state index in [1.807, 2.05) is 0 Å². The summed E-state index contributed by atoms with van der Waals surface area (Å²) in [5, 5.41) is 3.29. The Labute approximate surface area is 104 Å². The standard InChI is InChI=1S/C13H16F3NO/c14-13(15,16)11-5-3-10(4-6-11)12-9-18-8-2-1-7-17-12/h3-6,12,17H,1-2,7-9H2. The zero-order valence-electron chi connectivity index (χ0n) is 9.96. The Bertz CT molecular complexity index is 367. The fraction of sp³-hybridized carbons (Fsp3) is 0.538. The smallest absolute Gasteiger partial charge is 0.379 e. The van der Waals surface area contributed by atoms with Gasteiger partial charge in [-0.1, -0.05) is 12.1 Å². The van der Waals surface area contributed by atoms with Crippen molar-refractivity contribution in [3.05, 3.63) is 35.4 Å². The van der Waals surface area contributed by atoms with E-state index in [2.05, 4.69) is 5.32 Å². The van der Waals surface area contributed by atoms with Gasteiger partial charge < -0.3 is 10.1 Å². The van der Waals surface area contributed by atoms with E-state index in [4.69, 9.17) is 4.74 Å². The molecule has 0 saturated carbocycles. The molecule has 1 fully saturated rings. The summed E-state index contributed by atoms with van der Waals surface area (Å²) >= 11 is 0. The van der Waals surface area contributed by atoms with Crippen LogP contribution in [-0.2, 0) is 10.9 Å². The molecule has 0 amide bonds. The molecule has 1 atom stereocenters. The fourth-order valence-corrected chi connectivity index (χ4v) is 1.98. The highest BCUT2D eigenvalue weighted by Gasteiger charge is 2.30. The van der Waals surface area contributed by atoms with Gasteiger partial charge in [0.15, 0.2) is 0 Å². The number of ether oxygens (including phenoxy) is 1. The van der Waals surface area contributed by atoms with E-state index >= 15 is 0 Å². The Hall–Kier alpha value is -1.07. The highest BCUT2D eigenvalue weighted by molar-refractivity contribution is 5.27. The van der Waals surface area contributed by atoms with Gasteiger partial charge in [0, 0.05) is 6.61 Å². The molecule has 0 spiro atoms. The zero-order valence-corrected chi connectivity index (χ0v) is 9.96. The summed E-state index contributed by atoms with van der Waals surface area (Å²) < 4.78 is 42.8. The number of benzene rings is 1. The van der Waals surface area contributed by atoms with Crippen LogP contribution in [0.4, 0.5) is 13.2 Å². The predicted octanol–water partition coefficient (Wildman–Crippen LogP) is 3.15. The van der Waals surface area contributed by atoms with Gasteiger partial charge in [0.25, 0.3) is 0 Å². The molecule has 0 aromatic heterocycles. The van der Waals surface area contributed by atoms with Crippen LogP contribution in [0, 0.1) is 0 Å². The second-order valence-electron chi connectivity index (χ2n) is 4.41. The first-order valence-electron chi connectivity index (χ1n) is 6.05. The lowest BCUT2D eigenvalue weighted by atomic mass is 10.0. The summed E-state index contributed by atoms with van der Waals surface area (Å²) in [4.78, 5) is 0. The quantitative estimate of drug-likeness (QED) is 0.836. The first-order valence-corrected chi connectivity index (χ1v) is 6.05. The third-order valence-corrected chi connectivity index (χ3v) is 3.03. The van der Waals surface area contributed by atoms with Crippen LogP contribution in [0.2, 0.25) is 0 Å². The number of hydrogen-bond donors (Lipinski definition) is 1. The van der Waals surface area contributed by atoms with Crippen molar-refractivity contribution in [2.75, 3.05) is 19.8 Å². The molecule has 1 aliphatic rings. The van der Waals surface area contributed by atoms with E-state index in [0.29, 0.717) is 6.61 Å². The lowest BCUT2D eigenvalue weighted by Crippen LogP contribution is -2.29. The molecule has 2 rings (SSSR count). The van der Waals surface area contributed by atoms with Crippen molar-refractivity contribution in [1.82, 2.24) is 5.32 Å². The van der Waals surface area contributed by atoms with Crippen molar-refractivity contribution in [2.24, 2.45) is 0 Å². The molecule has 100 valence electrons. The number of halogens is 3. The maximum absolute atomic E-state index is 12.4.